The zero-order valence-electron chi connectivity index (χ0n) is 17.6. The van der Waals surface area contributed by atoms with Gasteiger partial charge < -0.3 is 9.47 Å². The maximum atomic E-state index is 13.3. The number of benzene rings is 3. The zero-order chi connectivity index (χ0) is 21.4. The van der Waals surface area contributed by atoms with Crippen LogP contribution in [0.15, 0.2) is 77.6 Å². The van der Waals surface area contributed by atoms with Crippen LogP contribution < -0.4 is 5.56 Å². The van der Waals surface area contributed by atoms with E-state index in [2.05, 4.69) is 47.4 Å². The molecule has 1 aromatic heterocycles. The monoisotopic (exact) mass is 411 g/mol. The van der Waals surface area contributed by atoms with Crippen molar-refractivity contribution < 1.29 is 4.79 Å². The SMILES string of the molecule is Cn1c(=O)cc(C(=O)N2CCN(Cc3cccc4ccccc34)CC2)c2ccccc21. The van der Waals surface area contributed by atoms with Crippen molar-refractivity contribution in [2.45, 2.75) is 6.54 Å². The topological polar surface area (TPSA) is 45.6 Å². The molecule has 31 heavy (non-hydrogen) atoms. The van der Waals surface area contributed by atoms with Crippen LogP contribution in [0.25, 0.3) is 21.7 Å². The van der Waals surface area contributed by atoms with Gasteiger partial charge in [0.2, 0.25) is 0 Å². The average Bonchev–Trinajstić information content (AvgIpc) is 2.82. The minimum Gasteiger partial charge on any atom is -0.336 e. The number of piperazine rings is 1. The lowest BCUT2D eigenvalue weighted by atomic mass is 10.0. The second kappa shape index (κ2) is 8.00. The highest BCUT2D eigenvalue weighted by molar-refractivity contribution is 6.06. The van der Waals surface area contributed by atoms with Gasteiger partial charge in [-0.05, 0) is 22.4 Å². The quantitative estimate of drug-likeness (QED) is 0.517. The summed E-state index contributed by atoms with van der Waals surface area (Å²) in [5, 5.41) is 3.37. The van der Waals surface area contributed by atoms with Crippen LogP contribution in [0.2, 0.25) is 0 Å². The first-order valence-corrected chi connectivity index (χ1v) is 10.7. The van der Waals surface area contributed by atoms with Crippen LogP contribution in [-0.2, 0) is 13.6 Å². The number of carbonyl (C=O) groups is 1. The summed E-state index contributed by atoms with van der Waals surface area (Å²) in [5.41, 5.74) is 2.45. The molecule has 1 aliphatic heterocycles. The van der Waals surface area contributed by atoms with Gasteiger partial charge in [-0.1, -0.05) is 60.7 Å². The van der Waals surface area contributed by atoms with Crippen molar-refractivity contribution in [2.75, 3.05) is 26.2 Å². The van der Waals surface area contributed by atoms with Crippen molar-refractivity contribution in [3.05, 3.63) is 94.3 Å². The molecule has 5 heteroatoms. The van der Waals surface area contributed by atoms with E-state index in [-0.39, 0.29) is 11.5 Å². The fourth-order valence-electron chi connectivity index (χ4n) is 4.54. The molecule has 2 heterocycles. The zero-order valence-corrected chi connectivity index (χ0v) is 17.6. The predicted molar refractivity (Wildman–Crippen MR) is 124 cm³/mol. The summed E-state index contributed by atoms with van der Waals surface area (Å²) in [6.07, 6.45) is 0. The fraction of sp³-hybridized carbons (Fsp3) is 0.231. The lowest BCUT2D eigenvalue weighted by Crippen LogP contribution is -2.48. The minimum atomic E-state index is -0.156. The molecule has 5 nitrogen and oxygen atoms in total. The van der Waals surface area contributed by atoms with Crippen molar-refractivity contribution >= 4 is 27.6 Å². The molecule has 156 valence electrons. The van der Waals surface area contributed by atoms with Gasteiger partial charge in [0.25, 0.3) is 11.5 Å². The Morgan fingerprint density at radius 3 is 2.32 bits per heavy atom. The maximum Gasteiger partial charge on any atom is 0.254 e. The number of fused-ring (bicyclic) bond motifs is 2. The Balaban J connectivity index is 1.33. The number of carbonyl (C=O) groups excluding carboxylic acids is 1. The van der Waals surface area contributed by atoms with Crippen LogP contribution in [0.5, 0.6) is 0 Å². The van der Waals surface area contributed by atoms with Gasteiger partial charge in [0.15, 0.2) is 0 Å². The van der Waals surface area contributed by atoms with E-state index in [4.69, 9.17) is 0 Å². The molecule has 0 bridgehead atoms. The molecule has 0 unspecified atom stereocenters. The van der Waals surface area contributed by atoms with E-state index in [9.17, 15) is 9.59 Å². The predicted octanol–water partition coefficient (Wildman–Crippen LogP) is 3.65. The van der Waals surface area contributed by atoms with Gasteiger partial charge in [-0.15, -0.1) is 0 Å². The molecule has 1 amide bonds. The number of para-hydroxylation sites is 1. The maximum absolute atomic E-state index is 13.3. The van der Waals surface area contributed by atoms with Crippen LogP contribution in [-0.4, -0.2) is 46.5 Å². The summed E-state index contributed by atoms with van der Waals surface area (Å²) in [7, 11) is 1.74. The summed E-state index contributed by atoms with van der Waals surface area (Å²) in [5.74, 6) is -0.0567. The van der Waals surface area contributed by atoms with Gasteiger partial charge in [0, 0.05) is 51.2 Å². The van der Waals surface area contributed by atoms with E-state index >= 15 is 0 Å². The Hall–Kier alpha value is -3.44. The summed E-state index contributed by atoms with van der Waals surface area (Å²) in [6, 6.07) is 24.0. The number of rotatable bonds is 3. The van der Waals surface area contributed by atoms with Gasteiger partial charge in [0.05, 0.1) is 11.1 Å². The van der Waals surface area contributed by atoms with Crippen LogP contribution in [0, 0.1) is 0 Å². The first-order chi connectivity index (χ1) is 15.1. The van der Waals surface area contributed by atoms with E-state index in [1.165, 1.54) is 22.4 Å². The third-order valence-electron chi connectivity index (χ3n) is 6.32. The lowest BCUT2D eigenvalue weighted by Gasteiger charge is -2.35. The van der Waals surface area contributed by atoms with E-state index < -0.39 is 0 Å². The Morgan fingerprint density at radius 2 is 1.52 bits per heavy atom. The molecule has 4 aromatic rings. The van der Waals surface area contributed by atoms with E-state index in [1.807, 2.05) is 29.2 Å². The molecular weight excluding hydrogens is 386 g/mol. The minimum absolute atomic E-state index is 0.0567. The highest BCUT2D eigenvalue weighted by Crippen LogP contribution is 2.22. The van der Waals surface area contributed by atoms with Crippen LogP contribution in [0.3, 0.4) is 0 Å². The first kappa shape index (κ1) is 19.5. The number of amides is 1. The third kappa shape index (κ3) is 3.62. The van der Waals surface area contributed by atoms with Crippen LogP contribution >= 0.6 is 0 Å². The number of aromatic nitrogens is 1. The number of pyridine rings is 1. The van der Waals surface area contributed by atoms with E-state index in [0.717, 1.165) is 30.5 Å². The lowest BCUT2D eigenvalue weighted by molar-refractivity contribution is 0.0630. The normalized spacial score (nSPS) is 14.9. The van der Waals surface area contributed by atoms with Gasteiger partial charge in [-0.25, -0.2) is 0 Å². The van der Waals surface area contributed by atoms with Crippen molar-refractivity contribution in [1.82, 2.24) is 14.4 Å². The average molecular weight is 412 g/mol. The highest BCUT2D eigenvalue weighted by Gasteiger charge is 2.24. The molecule has 1 saturated heterocycles. The van der Waals surface area contributed by atoms with Crippen LogP contribution in [0.4, 0.5) is 0 Å². The van der Waals surface area contributed by atoms with Gasteiger partial charge in [-0.3, -0.25) is 14.5 Å². The fourth-order valence-corrected chi connectivity index (χ4v) is 4.54. The standard InChI is InChI=1S/C26H25N3O2/c1-27-24-12-5-4-11-22(24)23(17-25(27)30)26(31)29-15-13-28(14-16-29)18-20-9-6-8-19-7-2-3-10-21(19)20/h2-12,17H,13-16,18H2,1H3. The Bertz CT molecular complexity index is 1330. The van der Waals surface area contributed by atoms with Gasteiger partial charge in [0.1, 0.15) is 0 Å². The van der Waals surface area contributed by atoms with Crippen molar-refractivity contribution in [3.8, 4) is 0 Å². The van der Waals surface area contributed by atoms with Crippen molar-refractivity contribution in [2.24, 2.45) is 7.05 Å². The number of hydrogen-bond acceptors (Lipinski definition) is 3. The molecule has 0 aliphatic carbocycles. The highest BCUT2D eigenvalue weighted by atomic mass is 16.2. The molecule has 0 saturated carbocycles. The molecule has 3 aromatic carbocycles. The molecule has 1 aliphatic rings. The Morgan fingerprint density at radius 1 is 0.839 bits per heavy atom. The summed E-state index contributed by atoms with van der Waals surface area (Å²) < 4.78 is 1.59. The molecule has 0 radical (unpaired) electrons. The number of nitrogens with zero attached hydrogens (tertiary/aromatic N) is 3. The Kier molecular flexibility index (Phi) is 5.04. The number of hydrogen-bond donors (Lipinski definition) is 0. The molecule has 5 rings (SSSR count). The van der Waals surface area contributed by atoms with Crippen molar-refractivity contribution in [3.63, 3.8) is 0 Å². The van der Waals surface area contributed by atoms with Gasteiger partial charge >= 0.3 is 0 Å². The number of aryl methyl sites for hydroxylation is 1. The van der Waals surface area contributed by atoms with Crippen LogP contribution in [0.1, 0.15) is 15.9 Å². The summed E-state index contributed by atoms with van der Waals surface area (Å²) in [4.78, 5) is 29.9. The van der Waals surface area contributed by atoms with Crippen molar-refractivity contribution in [1.29, 1.82) is 0 Å². The molecule has 0 N–H and O–H groups in total. The largest absolute Gasteiger partial charge is 0.336 e. The summed E-state index contributed by atoms with van der Waals surface area (Å²) >= 11 is 0. The van der Waals surface area contributed by atoms with Gasteiger partial charge in [-0.2, -0.15) is 0 Å². The van der Waals surface area contributed by atoms with E-state index in [1.54, 1.807) is 11.6 Å². The molecular formula is C26H25N3O2. The third-order valence-corrected chi connectivity index (χ3v) is 6.32. The smallest absolute Gasteiger partial charge is 0.254 e. The first-order valence-electron chi connectivity index (χ1n) is 10.7. The molecule has 0 atom stereocenters. The molecule has 1 fully saturated rings. The summed E-state index contributed by atoms with van der Waals surface area (Å²) in [6.45, 7) is 3.83. The van der Waals surface area contributed by atoms with E-state index in [0.29, 0.717) is 18.7 Å². The second-order valence-corrected chi connectivity index (χ2v) is 8.18. The second-order valence-electron chi connectivity index (χ2n) is 8.18. The molecule has 0 spiro atoms. The Labute approximate surface area is 181 Å².